The molecule has 1 atom stereocenters. The minimum absolute atomic E-state index is 0.336. The number of halogens is 2. The van der Waals surface area contributed by atoms with E-state index in [9.17, 15) is 13.6 Å². The lowest BCUT2D eigenvalue weighted by atomic mass is 9.91. The van der Waals surface area contributed by atoms with Crippen molar-refractivity contribution in [2.24, 2.45) is 5.92 Å². The number of amides is 1. The molecule has 0 spiro atoms. The molecule has 0 aromatic rings. The minimum atomic E-state index is -2.80. The minimum Gasteiger partial charge on any atom is -0.444 e. The van der Waals surface area contributed by atoms with Gasteiger partial charge < -0.3 is 9.64 Å². The molecule has 1 aliphatic heterocycles. The number of rotatable bonds is 1. The molecule has 100 valence electrons. The first kappa shape index (κ1) is 14.2. The van der Waals surface area contributed by atoms with E-state index in [1.807, 2.05) is 0 Å². The van der Waals surface area contributed by atoms with E-state index in [1.165, 1.54) is 0 Å². The van der Waals surface area contributed by atoms with Crippen LogP contribution in [0.2, 0.25) is 0 Å². The van der Waals surface area contributed by atoms with E-state index in [2.05, 4.69) is 0 Å². The molecule has 1 aliphatic rings. The Labute approximate surface area is 101 Å². The molecule has 5 heteroatoms. The maximum absolute atomic E-state index is 13.7. The molecule has 0 aromatic heterocycles. The summed E-state index contributed by atoms with van der Waals surface area (Å²) in [5.41, 5.74) is -0.645. The van der Waals surface area contributed by atoms with Gasteiger partial charge in [-0.1, -0.05) is 6.92 Å². The number of likely N-dealkylation sites (tertiary alicyclic amines) is 1. The standard InChI is InChI=1S/C12H21F2NO2/c1-5-9-6-7-15(8-12(9,13)14)10(16)17-11(2,3)4/h9H,5-8H2,1-4H3. The van der Waals surface area contributed by atoms with Crippen LogP contribution in [-0.2, 0) is 4.74 Å². The smallest absolute Gasteiger partial charge is 0.410 e. The fourth-order valence-electron chi connectivity index (χ4n) is 1.97. The van der Waals surface area contributed by atoms with Gasteiger partial charge in [0.2, 0.25) is 0 Å². The van der Waals surface area contributed by atoms with E-state index in [-0.39, 0.29) is 0 Å². The van der Waals surface area contributed by atoms with Crippen LogP contribution in [0.15, 0.2) is 0 Å². The Morgan fingerprint density at radius 2 is 2.06 bits per heavy atom. The van der Waals surface area contributed by atoms with E-state index in [1.54, 1.807) is 27.7 Å². The maximum atomic E-state index is 13.7. The predicted octanol–water partition coefficient (Wildman–Crippen LogP) is 3.29. The number of alkyl halides is 2. The molecular weight excluding hydrogens is 228 g/mol. The number of carbonyl (C=O) groups is 1. The number of piperidine rings is 1. The van der Waals surface area contributed by atoms with Gasteiger partial charge in [-0.2, -0.15) is 0 Å². The summed E-state index contributed by atoms with van der Waals surface area (Å²) >= 11 is 0. The highest BCUT2D eigenvalue weighted by atomic mass is 19.3. The van der Waals surface area contributed by atoms with Crippen molar-refractivity contribution in [2.75, 3.05) is 13.1 Å². The molecule has 3 nitrogen and oxygen atoms in total. The summed E-state index contributed by atoms with van der Waals surface area (Å²) in [7, 11) is 0. The SMILES string of the molecule is CCC1CCN(C(=O)OC(C)(C)C)CC1(F)F. The largest absolute Gasteiger partial charge is 0.444 e. The van der Waals surface area contributed by atoms with E-state index in [0.29, 0.717) is 19.4 Å². The third-order valence-corrected chi connectivity index (χ3v) is 2.89. The molecule has 0 aliphatic carbocycles. The van der Waals surface area contributed by atoms with Crippen LogP contribution >= 0.6 is 0 Å². The van der Waals surface area contributed by atoms with E-state index in [0.717, 1.165) is 4.90 Å². The summed E-state index contributed by atoms with van der Waals surface area (Å²) in [4.78, 5) is 12.8. The Morgan fingerprint density at radius 1 is 1.47 bits per heavy atom. The van der Waals surface area contributed by atoms with Crippen molar-refractivity contribution in [2.45, 2.75) is 52.1 Å². The molecular formula is C12H21F2NO2. The van der Waals surface area contributed by atoms with Crippen LogP contribution in [0.1, 0.15) is 40.5 Å². The topological polar surface area (TPSA) is 29.5 Å². The molecule has 0 N–H and O–H groups in total. The second kappa shape index (κ2) is 4.78. The lowest BCUT2D eigenvalue weighted by Crippen LogP contribution is -2.51. The highest BCUT2D eigenvalue weighted by Gasteiger charge is 2.45. The van der Waals surface area contributed by atoms with Crippen molar-refractivity contribution in [3.8, 4) is 0 Å². The van der Waals surface area contributed by atoms with Crippen molar-refractivity contribution < 1.29 is 18.3 Å². The summed E-state index contributed by atoms with van der Waals surface area (Å²) in [6.07, 6.45) is 0.129. The van der Waals surface area contributed by atoms with Gasteiger partial charge in [-0.25, -0.2) is 13.6 Å². The van der Waals surface area contributed by atoms with Crippen molar-refractivity contribution in [3.05, 3.63) is 0 Å². The Kier molecular flexibility index (Phi) is 3.99. The number of hydrogen-bond acceptors (Lipinski definition) is 2. The quantitative estimate of drug-likeness (QED) is 0.713. The Morgan fingerprint density at radius 3 is 2.47 bits per heavy atom. The second-order valence-corrected chi connectivity index (χ2v) is 5.56. The number of carbonyl (C=O) groups excluding carboxylic acids is 1. The third-order valence-electron chi connectivity index (χ3n) is 2.89. The molecule has 1 unspecified atom stereocenters. The molecule has 0 radical (unpaired) electrons. The monoisotopic (exact) mass is 249 g/mol. The molecule has 17 heavy (non-hydrogen) atoms. The molecule has 0 saturated carbocycles. The first-order chi connectivity index (χ1) is 7.65. The Hall–Kier alpha value is -0.870. The number of ether oxygens (including phenoxy) is 1. The molecule has 1 fully saturated rings. The second-order valence-electron chi connectivity index (χ2n) is 5.56. The summed E-state index contributed by atoms with van der Waals surface area (Å²) in [5, 5.41) is 0. The van der Waals surface area contributed by atoms with E-state index < -0.39 is 30.1 Å². The molecule has 1 rings (SSSR count). The van der Waals surface area contributed by atoms with Crippen molar-refractivity contribution in [3.63, 3.8) is 0 Å². The van der Waals surface area contributed by atoms with Gasteiger partial charge >= 0.3 is 6.09 Å². The lowest BCUT2D eigenvalue weighted by molar-refractivity contribution is -0.111. The molecule has 1 heterocycles. The Balaban J connectivity index is 2.62. The molecule has 1 amide bonds. The average Bonchev–Trinajstić information content (AvgIpc) is 2.13. The summed E-state index contributed by atoms with van der Waals surface area (Å²) in [6.45, 7) is 6.75. The van der Waals surface area contributed by atoms with Gasteiger partial charge in [0.15, 0.2) is 0 Å². The van der Waals surface area contributed by atoms with Crippen molar-refractivity contribution in [1.29, 1.82) is 0 Å². The number of hydrogen-bond donors (Lipinski definition) is 0. The predicted molar refractivity (Wildman–Crippen MR) is 61.2 cm³/mol. The summed E-state index contributed by atoms with van der Waals surface area (Å²) in [5.74, 6) is -3.43. The average molecular weight is 249 g/mol. The van der Waals surface area contributed by atoms with Crippen LogP contribution < -0.4 is 0 Å². The zero-order valence-electron chi connectivity index (χ0n) is 10.9. The zero-order chi connectivity index (χ0) is 13.3. The molecule has 0 aromatic carbocycles. The highest BCUT2D eigenvalue weighted by molar-refractivity contribution is 5.68. The van der Waals surface area contributed by atoms with Crippen LogP contribution in [-0.4, -0.2) is 35.6 Å². The van der Waals surface area contributed by atoms with Crippen LogP contribution in [0.4, 0.5) is 13.6 Å². The maximum Gasteiger partial charge on any atom is 0.410 e. The molecule has 1 saturated heterocycles. The molecule has 0 bridgehead atoms. The van der Waals surface area contributed by atoms with Gasteiger partial charge in [0.1, 0.15) is 5.60 Å². The van der Waals surface area contributed by atoms with Crippen LogP contribution in [0.3, 0.4) is 0 Å². The van der Waals surface area contributed by atoms with Crippen molar-refractivity contribution in [1.82, 2.24) is 4.90 Å². The van der Waals surface area contributed by atoms with Gasteiger partial charge in [0, 0.05) is 12.5 Å². The van der Waals surface area contributed by atoms with Crippen LogP contribution in [0, 0.1) is 5.92 Å². The van der Waals surface area contributed by atoms with Crippen molar-refractivity contribution >= 4 is 6.09 Å². The first-order valence-corrected chi connectivity index (χ1v) is 6.01. The zero-order valence-corrected chi connectivity index (χ0v) is 10.9. The van der Waals surface area contributed by atoms with Crippen LogP contribution in [0.5, 0.6) is 0 Å². The van der Waals surface area contributed by atoms with Gasteiger partial charge in [0.05, 0.1) is 6.54 Å². The summed E-state index contributed by atoms with van der Waals surface area (Å²) < 4.78 is 32.4. The highest BCUT2D eigenvalue weighted by Crippen LogP contribution is 2.35. The van der Waals surface area contributed by atoms with Gasteiger partial charge in [-0.15, -0.1) is 0 Å². The summed E-state index contributed by atoms with van der Waals surface area (Å²) in [6, 6.07) is 0. The lowest BCUT2D eigenvalue weighted by Gasteiger charge is -2.38. The van der Waals surface area contributed by atoms with E-state index >= 15 is 0 Å². The van der Waals surface area contributed by atoms with Gasteiger partial charge in [-0.3, -0.25) is 0 Å². The van der Waals surface area contributed by atoms with Crippen LogP contribution in [0.25, 0.3) is 0 Å². The Bertz CT molecular complexity index is 287. The first-order valence-electron chi connectivity index (χ1n) is 6.01. The van der Waals surface area contributed by atoms with Gasteiger partial charge in [0.25, 0.3) is 5.92 Å². The normalized spacial score (nSPS) is 24.6. The van der Waals surface area contributed by atoms with E-state index in [4.69, 9.17) is 4.74 Å². The fourth-order valence-corrected chi connectivity index (χ4v) is 1.97. The third kappa shape index (κ3) is 3.82. The fraction of sp³-hybridized carbons (Fsp3) is 0.917. The van der Waals surface area contributed by atoms with Gasteiger partial charge in [-0.05, 0) is 33.6 Å². The number of nitrogens with zero attached hydrogens (tertiary/aromatic N) is 1.